The first-order valence-corrected chi connectivity index (χ1v) is 9.18. The SMILES string of the molecule is O=S1(=O)CCC(Cc2noc(C3CCNCC3)n2)CC1. The van der Waals surface area contributed by atoms with E-state index < -0.39 is 9.84 Å². The summed E-state index contributed by atoms with van der Waals surface area (Å²) in [5, 5.41) is 7.38. The third-order valence-electron chi connectivity index (χ3n) is 4.32. The largest absolute Gasteiger partial charge is 0.339 e. The molecule has 1 aromatic rings. The van der Waals surface area contributed by atoms with Crippen molar-refractivity contribution in [3.8, 4) is 0 Å². The fraction of sp³-hybridized carbons (Fsp3) is 0.846. The van der Waals surface area contributed by atoms with Crippen molar-refractivity contribution in [3.63, 3.8) is 0 Å². The van der Waals surface area contributed by atoms with Crippen molar-refractivity contribution in [1.82, 2.24) is 15.5 Å². The van der Waals surface area contributed by atoms with E-state index >= 15 is 0 Å². The summed E-state index contributed by atoms with van der Waals surface area (Å²) in [4.78, 5) is 4.51. The molecule has 1 aromatic heterocycles. The summed E-state index contributed by atoms with van der Waals surface area (Å²) in [5.41, 5.74) is 0. The third kappa shape index (κ3) is 3.38. The van der Waals surface area contributed by atoms with Crippen LogP contribution in [-0.2, 0) is 16.3 Å². The van der Waals surface area contributed by atoms with E-state index in [-0.39, 0.29) is 0 Å². The van der Waals surface area contributed by atoms with E-state index in [0.717, 1.165) is 56.9 Å². The number of piperidine rings is 1. The molecule has 0 spiro atoms. The number of hydrogen-bond acceptors (Lipinski definition) is 6. The Balaban J connectivity index is 1.57. The molecule has 20 heavy (non-hydrogen) atoms. The third-order valence-corrected chi connectivity index (χ3v) is 6.03. The van der Waals surface area contributed by atoms with Crippen LogP contribution < -0.4 is 5.32 Å². The Labute approximate surface area is 119 Å². The summed E-state index contributed by atoms with van der Waals surface area (Å²) >= 11 is 0. The van der Waals surface area contributed by atoms with Crippen molar-refractivity contribution in [3.05, 3.63) is 11.7 Å². The lowest BCUT2D eigenvalue weighted by atomic mass is 9.97. The maximum absolute atomic E-state index is 11.4. The van der Waals surface area contributed by atoms with E-state index in [1.807, 2.05) is 0 Å². The first-order chi connectivity index (χ1) is 9.62. The predicted octanol–water partition coefficient (Wildman–Crippen LogP) is 0.904. The molecular weight excluding hydrogens is 278 g/mol. The number of rotatable bonds is 3. The zero-order valence-electron chi connectivity index (χ0n) is 11.5. The van der Waals surface area contributed by atoms with Gasteiger partial charge in [-0.05, 0) is 44.7 Å². The molecule has 112 valence electrons. The zero-order valence-corrected chi connectivity index (χ0v) is 12.4. The standard InChI is InChI=1S/C13H21N3O3S/c17-20(18)7-3-10(4-8-20)9-12-15-13(19-16-12)11-1-5-14-6-2-11/h10-11,14H,1-9H2. The van der Waals surface area contributed by atoms with Gasteiger partial charge in [0.2, 0.25) is 5.89 Å². The highest BCUT2D eigenvalue weighted by Gasteiger charge is 2.26. The molecule has 2 aliphatic heterocycles. The smallest absolute Gasteiger partial charge is 0.229 e. The normalized spacial score (nSPS) is 24.8. The van der Waals surface area contributed by atoms with Gasteiger partial charge in [-0.2, -0.15) is 4.98 Å². The maximum Gasteiger partial charge on any atom is 0.229 e. The molecule has 0 atom stereocenters. The molecule has 3 rings (SSSR count). The molecular formula is C13H21N3O3S. The van der Waals surface area contributed by atoms with Gasteiger partial charge in [0.1, 0.15) is 9.84 Å². The predicted molar refractivity (Wildman–Crippen MR) is 74.2 cm³/mol. The quantitative estimate of drug-likeness (QED) is 0.892. The summed E-state index contributed by atoms with van der Waals surface area (Å²) in [6.07, 6.45) is 4.27. The molecule has 0 aromatic carbocycles. The van der Waals surface area contributed by atoms with Gasteiger partial charge >= 0.3 is 0 Å². The average Bonchev–Trinajstić information content (AvgIpc) is 2.91. The van der Waals surface area contributed by atoms with Crippen LogP contribution in [0.1, 0.15) is 43.3 Å². The van der Waals surface area contributed by atoms with E-state index in [0.29, 0.717) is 23.3 Å². The second-order valence-corrected chi connectivity index (χ2v) is 8.18. The number of nitrogens with one attached hydrogen (secondary N) is 1. The molecule has 0 saturated carbocycles. The lowest BCUT2D eigenvalue weighted by Gasteiger charge is -2.20. The summed E-state index contributed by atoms with van der Waals surface area (Å²) in [6, 6.07) is 0. The number of nitrogens with zero attached hydrogens (tertiary/aromatic N) is 2. The second kappa shape index (κ2) is 5.81. The van der Waals surface area contributed by atoms with Gasteiger partial charge < -0.3 is 9.84 Å². The van der Waals surface area contributed by atoms with Gasteiger partial charge in [0.05, 0.1) is 11.5 Å². The van der Waals surface area contributed by atoms with Crippen LogP contribution in [0.25, 0.3) is 0 Å². The van der Waals surface area contributed by atoms with Crippen molar-refractivity contribution in [2.45, 2.75) is 38.0 Å². The first-order valence-electron chi connectivity index (χ1n) is 7.36. The molecule has 2 fully saturated rings. The maximum atomic E-state index is 11.4. The van der Waals surface area contributed by atoms with Crippen LogP contribution in [0.15, 0.2) is 4.52 Å². The minimum Gasteiger partial charge on any atom is -0.339 e. The molecule has 0 bridgehead atoms. The molecule has 7 heteroatoms. The number of hydrogen-bond donors (Lipinski definition) is 1. The van der Waals surface area contributed by atoms with E-state index in [4.69, 9.17) is 4.52 Å². The van der Waals surface area contributed by atoms with Crippen molar-refractivity contribution in [1.29, 1.82) is 0 Å². The Hall–Kier alpha value is -0.950. The van der Waals surface area contributed by atoms with Crippen LogP contribution >= 0.6 is 0 Å². The van der Waals surface area contributed by atoms with E-state index in [9.17, 15) is 8.42 Å². The van der Waals surface area contributed by atoms with Crippen molar-refractivity contribution < 1.29 is 12.9 Å². The Morgan fingerprint density at radius 1 is 1.15 bits per heavy atom. The lowest BCUT2D eigenvalue weighted by molar-refractivity contribution is 0.316. The summed E-state index contributed by atoms with van der Waals surface area (Å²) in [6.45, 7) is 2.01. The minimum absolute atomic E-state index is 0.302. The second-order valence-electron chi connectivity index (χ2n) is 5.87. The molecule has 0 unspecified atom stereocenters. The van der Waals surface area contributed by atoms with Gasteiger partial charge in [0, 0.05) is 12.3 Å². The molecule has 6 nitrogen and oxygen atoms in total. The Kier molecular flexibility index (Phi) is 4.07. The van der Waals surface area contributed by atoms with Crippen molar-refractivity contribution in [2.24, 2.45) is 5.92 Å². The van der Waals surface area contributed by atoms with Gasteiger partial charge in [0.15, 0.2) is 5.82 Å². The zero-order chi connectivity index (χ0) is 14.0. The molecule has 0 aliphatic carbocycles. The van der Waals surface area contributed by atoms with Crippen LogP contribution in [0.2, 0.25) is 0 Å². The molecule has 0 amide bonds. The fourth-order valence-electron chi connectivity index (χ4n) is 2.99. The van der Waals surface area contributed by atoms with Crippen LogP contribution in [0, 0.1) is 5.92 Å². The summed E-state index contributed by atoms with van der Waals surface area (Å²) in [5.74, 6) is 2.85. The van der Waals surface area contributed by atoms with Crippen LogP contribution in [-0.4, -0.2) is 43.2 Å². The van der Waals surface area contributed by atoms with Gasteiger partial charge in [0.25, 0.3) is 0 Å². The minimum atomic E-state index is -2.79. The Morgan fingerprint density at radius 3 is 2.55 bits per heavy atom. The summed E-state index contributed by atoms with van der Waals surface area (Å²) in [7, 11) is -2.79. The van der Waals surface area contributed by atoms with E-state index in [2.05, 4.69) is 15.5 Å². The Morgan fingerprint density at radius 2 is 1.85 bits per heavy atom. The van der Waals surface area contributed by atoms with Gasteiger partial charge in [-0.1, -0.05) is 5.16 Å². The molecule has 2 saturated heterocycles. The average molecular weight is 299 g/mol. The first kappa shape index (κ1) is 14.0. The lowest BCUT2D eigenvalue weighted by Crippen LogP contribution is -2.26. The van der Waals surface area contributed by atoms with Crippen LogP contribution in [0.5, 0.6) is 0 Å². The fourth-order valence-corrected chi connectivity index (χ4v) is 4.58. The monoisotopic (exact) mass is 299 g/mol. The van der Waals surface area contributed by atoms with Crippen LogP contribution in [0.3, 0.4) is 0 Å². The van der Waals surface area contributed by atoms with Gasteiger partial charge in [-0.15, -0.1) is 0 Å². The number of aromatic nitrogens is 2. The molecule has 1 N–H and O–H groups in total. The molecule has 3 heterocycles. The van der Waals surface area contributed by atoms with Crippen molar-refractivity contribution >= 4 is 9.84 Å². The van der Waals surface area contributed by atoms with Crippen LogP contribution in [0.4, 0.5) is 0 Å². The van der Waals surface area contributed by atoms with Crippen molar-refractivity contribution in [2.75, 3.05) is 24.6 Å². The van der Waals surface area contributed by atoms with Gasteiger partial charge in [-0.3, -0.25) is 0 Å². The van der Waals surface area contributed by atoms with Gasteiger partial charge in [-0.25, -0.2) is 8.42 Å². The Bertz CT molecular complexity index is 535. The highest BCUT2D eigenvalue weighted by molar-refractivity contribution is 7.91. The molecule has 0 radical (unpaired) electrons. The summed E-state index contributed by atoms with van der Waals surface area (Å²) < 4.78 is 28.2. The number of sulfone groups is 1. The molecule has 2 aliphatic rings. The highest BCUT2D eigenvalue weighted by atomic mass is 32.2. The van der Waals surface area contributed by atoms with E-state index in [1.54, 1.807) is 0 Å². The van der Waals surface area contributed by atoms with E-state index in [1.165, 1.54) is 0 Å². The highest BCUT2D eigenvalue weighted by Crippen LogP contribution is 2.25. The topological polar surface area (TPSA) is 85.1 Å².